The van der Waals surface area contributed by atoms with Gasteiger partial charge in [-0.05, 0) is 5.56 Å². The van der Waals surface area contributed by atoms with Gasteiger partial charge in [0.25, 0.3) is 0 Å². The van der Waals surface area contributed by atoms with Gasteiger partial charge in [0.15, 0.2) is 12.6 Å². The molecule has 0 radical (unpaired) electrons. The summed E-state index contributed by atoms with van der Waals surface area (Å²) in [5.41, 5.74) is 0.916. The summed E-state index contributed by atoms with van der Waals surface area (Å²) in [4.78, 5) is 0. The van der Waals surface area contributed by atoms with Crippen LogP contribution in [0.1, 0.15) is 5.56 Å². The minimum atomic E-state index is -1.29. The summed E-state index contributed by atoms with van der Waals surface area (Å²) in [6.45, 7) is -0.134. The molecule has 0 aliphatic carbocycles. The van der Waals surface area contributed by atoms with Crippen LogP contribution < -0.4 is 0 Å². The van der Waals surface area contributed by atoms with Gasteiger partial charge in [-0.25, -0.2) is 0 Å². The van der Waals surface area contributed by atoms with E-state index in [9.17, 15) is 15.3 Å². The standard InChI is InChI=1S/C23H36O11/c1-27-12-15-17(34-23-21(30-4)18(28-2)16(25)14(10-24)33-23)19(29-3)20(22(26)32-15)31-11-13-8-6-5-7-9-13/h5-9,14-26H,10-12H2,1-4H3/t14-,15?,16+,17+,18?,19-,20?,21?,22-,23+/m0/s1. The fourth-order valence-electron chi connectivity index (χ4n) is 4.40. The molecule has 4 unspecified atom stereocenters. The maximum absolute atomic E-state index is 10.7. The van der Waals surface area contributed by atoms with Gasteiger partial charge in [0.2, 0.25) is 0 Å². The van der Waals surface area contributed by atoms with Crippen molar-refractivity contribution < 1.29 is 53.2 Å². The third-order valence-corrected chi connectivity index (χ3v) is 6.13. The summed E-state index contributed by atoms with van der Waals surface area (Å²) >= 11 is 0. The molecule has 3 rings (SSSR count). The van der Waals surface area contributed by atoms with E-state index in [0.29, 0.717) is 0 Å². The molecule has 2 heterocycles. The van der Waals surface area contributed by atoms with Gasteiger partial charge >= 0.3 is 0 Å². The van der Waals surface area contributed by atoms with E-state index in [-0.39, 0.29) is 13.2 Å². The Morgan fingerprint density at radius 1 is 0.794 bits per heavy atom. The lowest BCUT2D eigenvalue weighted by Crippen LogP contribution is -2.65. The zero-order valence-corrected chi connectivity index (χ0v) is 19.9. The van der Waals surface area contributed by atoms with Crippen molar-refractivity contribution in [3.63, 3.8) is 0 Å². The van der Waals surface area contributed by atoms with Crippen LogP contribution in [0.25, 0.3) is 0 Å². The highest BCUT2D eigenvalue weighted by Crippen LogP contribution is 2.32. The average Bonchev–Trinajstić information content (AvgIpc) is 2.85. The van der Waals surface area contributed by atoms with Crippen LogP contribution in [0.2, 0.25) is 0 Å². The lowest BCUT2D eigenvalue weighted by Gasteiger charge is -2.48. The van der Waals surface area contributed by atoms with Crippen molar-refractivity contribution in [2.75, 3.05) is 41.7 Å². The summed E-state index contributed by atoms with van der Waals surface area (Å²) < 4.78 is 45.8. The van der Waals surface area contributed by atoms with Crippen LogP contribution in [0.15, 0.2) is 30.3 Å². The first-order valence-electron chi connectivity index (χ1n) is 11.1. The van der Waals surface area contributed by atoms with Crippen LogP contribution in [0.3, 0.4) is 0 Å². The van der Waals surface area contributed by atoms with E-state index in [1.165, 1.54) is 28.4 Å². The van der Waals surface area contributed by atoms with Crippen molar-refractivity contribution in [1.29, 1.82) is 0 Å². The van der Waals surface area contributed by atoms with Crippen LogP contribution >= 0.6 is 0 Å². The van der Waals surface area contributed by atoms with E-state index in [1.807, 2.05) is 30.3 Å². The molecule has 194 valence electrons. The number of benzene rings is 1. The van der Waals surface area contributed by atoms with Gasteiger partial charge in [-0.15, -0.1) is 0 Å². The Balaban J connectivity index is 1.82. The molecule has 2 saturated heterocycles. The van der Waals surface area contributed by atoms with Crippen LogP contribution in [-0.2, 0) is 44.5 Å². The molecular weight excluding hydrogens is 452 g/mol. The molecular formula is C23H36O11. The molecule has 0 spiro atoms. The van der Waals surface area contributed by atoms with Crippen LogP contribution in [0.4, 0.5) is 0 Å². The Hall–Kier alpha value is -1.22. The molecule has 10 atom stereocenters. The molecule has 2 fully saturated rings. The topological polar surface area (TPSA) is 135 Å². The number of ether oxygens (including phenoxy) is 8. The Morgan fingerprint density at radius 2 is 1.47 bits per heavy atom. The number of hydrogen-bond donors (Lipinski definition) is 3. The van der Waals surface area contributed by atoms with Crippen molar-refractivity contribution in [1.82, 2.24) is 0 Å². The summed E-state index contributed by atoms with van der Waals surface area (Å²) in [6, 6.07) is 9.50. The predicted molar refractivity (Wildman–Crippen MR) is 117 cm³/mol. The van der Waals surface area contributed by atoms with Gasteiger partial charge in [-0.2, -0.15) is 0 Å². The van der Waals surface area contributed by atoms with Crippen molar-refractivity contribution >= 4 is 0 Å². The molecule has 0 aromatic heterocycles. The van der Waals surface area contributed by atoms with E-state index in [2.05, 4.69) is 0 Å². The molecule has 2 aliphatic rings. The first-order chi connectivity index (χ1) is 16.5. The third kappa shape index (κ3) is 6.12. The van der Waals surface area contributed by atoms with Gasteiger partial charge in [0.05, 0.1) is 19.8 Å². The fourth-order valence-corrected chi connectivity index (χ4v) is 4.40. The van der Waals surface area contributed by atoms with Crippen molar-refractivity contribution in [2.45, 2.75) is 68.0 Å². The Kier molecular flexibility index (Phi) is 10.6. The molecule has 34 heavy (non-hydrogen) atoms. The second-order valence-electron chi connectivity index (χ2n) is 8.20. The Bertz CT molecular complexity index is 707. The Morgan fingerprint density at radius 3 is 2.06 bits per heavy atom. The SMILES string of the molecule is COCC1O[C@H](O)C(OCc2ccccc2)[C@@H](OC)[C@@H]1O[C@H]1O[C@@H](CO)[C@@H](O)C(OC)C1OC. The maximum Gasteiger partial charge on any atom is 0.187 e. The first-order valence-corrected chi connectivity index (χ1v) is 11.1. The Labute approximate surface area is 199 Å². The van der Waals surface area contributed by atoms with Crippen molar-refractivity contribution in [3.05, 3.63) is 35.9 Å². The molecule has 0 saturated carbocycles. The number of rotatable bonds is 11. The predicted octanol–water partition coefficient (Wildman–Crippen LogP) is -0.556. The van der Waals surface area contributed by atoms with Crippen molar-refractivity contribution in [3.8, 4) is 0 Å². The van der Waals surface area contributed by atoms with Gasteiger partial charge in [0.1, 0.15) is 48.8 Å². The van der Waals surface area contributed by atoms with Crippen LogP contribution in [0.5, 0.6) is 0 Å². The van der Waals surface area contributed by atoms with E-state index in [4.69, 9.17) is 37.9 Å². The lowest BCUT2D eigenvalue weighted by atomic mass is 9.96. The van der Waals surface area contributed by atoms with Gasteiger partial charge in [-0.1, -0.05) is 30.3 Å². The summed E-state index contributed by atoms with van der Waals surface area (Å²) in [6.07, 6.45) is -9.26. The monoisotopic (exact) mass is 488 g/mol. The van der Waals surface area contributed by atoms with Gasteiger partial charge < -0.3 is 53.2 Å². The highest BCUT2D eigenvalue weighted by atomic mass is 16.7. The molecule has 11 nitrogen and oxygen atoms in total. The van der Waals surface area contributed by atoms with E-state index < -0.39 is 68.0 Å². The van der Waals surface area contributed by atoms with Crippen LogP contribution in [0, 0.1) is 0 Å². The number of aliphatic hydroxyl groups excluding tert-OH is 3. The van der Waals surface area contributed by atoms with E-state index >= 15 is 0 Å². The van der Waals surface area contributed by atoms with E-state index in [0.717, 1.165) is 5.56 Å². The number of aliphatic hydroxyl groups is 3. The second kappa shape index (κ2) is 13.2. The summed E-state index contributed by atoms with van der Waals surface area (Å²) in [5, 5.41) is 30.8. The zero-order chi connectivity index (χ0) is 24.7. The summed E-state index contributed by atoms with van der Waals surface area (Å²) in [5.74, 6) is 0. The quantitative estimate of drug-likeness (QED) is 0.370. The molecule has 3 N–H and O–H groups in total. The van der Waals surface area contributed by atoms with E-state index in [1.54, 1.807) is 0 Å². The second-order valence-corrected chi connectivity index (χ2v) is 8.20. The van der Waals surface area contributed by atoms with Gasteiger partial charge in [0, 0.05) is 28.4 Å². The summed E-state index contributed by atoms with van der Waals surface area (Å²) in [7, 11) is 5.85. The molecule has 1 aromatic rings. The first kappa shape index (κ1) is 27.4. The molecule has 2 aliphatic heterocycles. The van der Waals surface area contributed by atoms with Crippen LogP contribution in [-0.4, -0.2) is 118 Å². The minimum absolute atomic E-state index is 0.0944. The molecule has 1 aromatic carbocycles. The minimum Gasteiger partial charge on any atom is -0.394 e. The highest BCUT2D eigenvalue weighted by molar-refractivity contribution is 5.13. The average molecular weight is 489 g/mol. The normalized spacial score (nSPS) is 38.7. The third-order valence-electron chi connectivity index (χ3n) is 6.13. The molecule has 0 bridgehead atoms. The maximum atomic E-state index is 10.7. The molecule has 0 amide bonds. The molecule has 11 heteroatoms. The zero-order valence-electron chi connectivity index (χ0n) is 19.9. The highest BCUT2D eigenvalue weighted by Gasteiger charge is 2.52. The number of methoxy groups -OCH3 is 4. The van der Waals surface area contributed by atoms with Gasteiger partial charge in [-0.3, -0.25) is 0 Å². The lowest BCUT2D eigenvalue weighted by molar-refractivity contribution is -0.364. The fraction of sp³-hybridized carbons (Fsp3) is 0.739. The number of hydrogen-bond acceptors (Lipinski definition) is 11. The van der Waals surface area contributed by atoms with Crippen molar-refractivity contribution in [2.24, 2.45) is 0 Å². The smallest absolute Gasteiger partial charge is 0.187 e. The largest absolute Gasteiger partial charge is 0.394 e.